The number of aliphatic hydroxyl groups excluding tert-OH is 1. The highest BCUT2D eigenvalue weighted by Crippen LogP contribution is 2.22. The van der Waals surface area contributed by atoms with Crippen molar-refractivity contribution < 1.29 is 9.90 Å². The molecular weight excluding hydrogens is 188 g/mol. The zero-order valence-corrected chi connectivity index (χ0v) is 9.53. The zero-order chi connectivity index (χ0) is 11.4. The number of carbonyl (C=O) groups is 1. The number of Topliss-reactive ketones (excluding diaryl/α,β-unsaturated/α-hetero) is 1. The van der Waals surface area contributed by atoms with E-state index < -0.39 is 6.10 Å². The first-order valence-corrected chi connectivity index (χ1v) is 5.37. The smallest absolute Gasteiger partial charge is 0.162 e. The molecule has 0 aromatic heterocycles. The van der Waals surface area contributed by atoms with E-state index in [0.29, 0.717) is 12.0 Å². The minimum atomic E-state index is -0.491. The molecule has 0 aliphatic heterocycles. The number of ketones is 1. The number of hydrogen-bond acceptors (Lipinski definition) is 2. The van der Waals surface area contributed by atoms with Gasteiger partial charge in [-0.3, -0.25) is 4.79 Å². The van der Waals surface area contributed by atoms with Gasteiger partial charge in [-0.2, -0.15) is 0 Å². The molecule has 1 atom stereocenters. The van der Waals surface area contributed by atoms with Crippen molar-refractivity contribution in [2.45, 2.75) is 33.3 Å². The van der Waals surface area contributed by atoms with Gasteiger partial charge < -0.3 is 5.11 Å². The van der Waals surface area contributed by atoms with Crippen LogP contribution in [0.5, 0.6) is 0 Å². The van der Waals surface area contributed by atoms with Crippen LogP contribution in [0, 0.1) is 5.92 Å². The second-order valence-corrected chi connectivity index (χ2v) is 4.09. The Labute approximate surface area is 90.9 Å². The standard InChI is InChI=1S/C13H18O2/c1-4-12(14)10-6-5-7-11(8-10)13(15)9(2)3/h5-9,13,15H,4H2,1-3H3. The summed E-state index contributed by atoms with van der Waals surface area (Å²) in [4.78, 5) is 11.5. The largest absolute Gasteiger partial charge is 0.388 e. The molecule has 0 aliphatic rings. The van der Waals surface area contributed by atoms with Crippen LogP contribution in [0.2, 0.25) is 0 Å². The number of aliphatic hydroxyl groups is 1. The normalized spacial score (nSPS) is 12.9. The molecule has 2 nitrogen and oxygen atoms in total. The van der Waals surface area contributed by atoms with Crippen LogP contribution in [0.3, 0.4) is 0 Å². The molecule has 0 radical (unpaired) electrons. The second kappa shape index (κ2) is 5.08. The third-order valence-electron chi connectivity index (χ3n) is 2.50. The molecule has 0 fully saturated rings. The van der Waals surface area contributed by atoms with Crippen molar-refractivity contribution in [3.63, 3.8) is 0 Å². The molecule has 1 aromatic rings. The lowest BCUT2D eigenvalue weighted by molar-refractivity contribution is 0.0987. The van der Waals surface area contributed by atoms with E-state index in [9.17, 15) is 9.90 Å². The monoisotopic (exact) mass is 206 g/mol. The molecule has 1 N–H and O–H groups in total. The molecule has 0 spiro atoms. The number of hydrogen-bond donors (Lipinski definition) is 1. The van der Waals surface area contributed by atoms with Gasteiger partial charge in [0.25, 0.3) is 0 Å². The SMILES string of the molecule is CCC(=O)c1cccc(C(O)C(C)C)c1. The van der Waals surface area contributed by atoms with Crippen LogP contribution in [-0.2, 0) is 0 Å². The maximum Gasteiger partial charge on any atom is 0.162 e. The molecule has 0 amide bonds. The number of carbonyl (C=O) groups excluding carboxylic acids is 1. The predicted octanol–water partition coefficient (Wildman–Crippen LogP) is 2.97. The van der Waals surface area contributed by atoms with Crippen LogP contribution in [0.4, 0.5) is 0 Å². The van der Waals surface area contributed by atoms with Gasteiger partial charge >= 0.3 is 0 Å². The number of benzene rings is 1. The van der Waals surface area contributed by atoms with Crippen molar-refractivity contribution in [2.24, 2.45) is 5.92 Å². The minimum Gasteiger partial charge on any atom is -0.388 e. The first-order chi connectivity index (χ1) is 7.06. The van der Waals surface area contributed by atoms with Gasteiger partial charge in [0, 0.05) is 12.0 Å². The van der Waals surface area contributed by atoms with Crippen LogP contribution >= 0.6 is 0 Å². The molecule has 1 aromatic carbocycles. The average molecular weight is 206 g/mol. The molecule has 1 unspecified atom stereocenters. The molecule has 0 heterocycles. The Kier molecular flexibility index (Phi) is 4.04. The van der Waals surface area contributed by atoms with E-state index in [0.717, 1.165) is 5.56 Å². The van der Waals surface area contributed by atoms with Gasteiger partial charge in [-0.25, -0.2) is 0 Å². The van der Waals surface area contributed by atoms with Crippen LogP contribution in [0.25, 0.3) is 0 Å². The summed E-state index contributed by atoms with van der Waals surface area (Å²) in [6, 6.07) is 7.26. The lowest BCUT2D eigenvalue weighted by atomic mass is 9.96. The summed E-state index contributed by atoms with van der Waals surface area (Å²) in [5, 5.41) is 9.87. The average Bonchev–Trinajstić information content (AvgIpc) is 2.27. The Balaban J connectivity index is 2.97. The van der Waals surface area contributed by atoms with Gasteiger partial charge in [-0.05, 0) is 17.5 Å². The van der Waals surface area contributed by atoms with E-state index >= 15 is 0 Å². The van der Waals surface area contributed by atoms with Gasteiger partial charge in [0.15, 0.2) is 5.78 Å². The highest BCUT2D eigenvalue weighted by Gasteiger charge is 2.13. The highest BCUT2D eigenvalue weighted by atomic mass is 16.3. The summed E-state index contributed by atoms with van der Waals surface area (Å²) in [7, 11) is 0. The third kappa shape index (κ3) is 2.90. The van der Waals surface area contributed by atoms with Crippen molar-refractivity contribution >= 4 is 5.78 Å². The fourth-order valence-electron chi connectivity index (χ4n) is 1.49. The van der Waals surface area contributed by atoms with Crippen molar-refractivity contribution in [2.75, 3.05) is 0 Å². The Hall–Kier alpha value is -1.15. The van der Waals surface area contributed by atoms with Crippen molar-refractivity contribution in [3.05, 3.63) is 35.4 Å². The van der Waals surface area contributed by atoms with Crippen molar-refractivity contribution in [1.82, 2.24) is 0 Å². The molecule has 82 valence electrons. The Morgan fingerprint density at radius 1 is 1.40 bits per heavy atom. The van der Waals surface area contributed by atoms with E-state index in [1.54, 1.807) is 12.1 Å². The fourth-order valence-corrected chi connectivity index (χ4v) is 1.49. The van der Waals surface area contributed by atoms with Crippen LogP contribution in [0.1, 0.15) is 49.2 Å². The number of rotatable bonds is 4. The molecule has 0 bridgehead atoms. The second-order valence-electron chi connectivity index (χ2n) is 4.09. The Morgan fingerprint density at radius 2 is 2.07 bits per heavy atom. The van der Waals surface area contributed by atoms with E-state index in [2.05, 4.69) is 0 Å². The molecule has 2 heteroatoms. The Bertz CT molecular complexity index is 342. The molecular formula is C13H18O2. The summed E-state index contributed by atoms with van der Waals surface area (Å²) in [6.45, 7) is 5.76. The van der Waals surface area contributed by atoms with Crippen LogP contribution < -0.4 is 0 Å². The van der Waals surface area contributed by atoms with Gasteiger partial charge in [0.05, 0.1) is 6.10 Å². The van der Waals surface area contributed by atoms with Crippen molar-refractivity contribution in [3.8, 4) is 0 Å². The van der Waals surface area contributed by atoms with Crippen molar-refractivity contribution in [1.29, 1.82) is 0 Å². The summed E-state index contributed by atoms with van der Waals surface area (Å²) < 4.78 is 0. The first-order valence-electron chi connectivity index (χ1n) is 5.37. The zero-order valence-electron chi connectivity index (χ0n) is 9.53. The topological polar surface area (TPSA) is 37.3 Å². The van der Waals surface area contributed by atoms with Gasteiger partial charge in [0.1, 0.15) is 0 Å². The van der Waals surface area contributed by atoms with E-state index in [-0.39, 0.29) is 11.7 Å². The predicted molar refractivity (Wildman–Crippen MR) is 60.9 cm³/mol. The van der Waals surface area contributed by atoms with Crippen LogP contribution in [0.15, 0.2) is 24.3 Å². The minimum absolute atomic E-state index is 0.118. The van der Waals surface area contributed by atoms with Gasteiger partial charge in [-0.1, -0.05) is 39.0 Å². The van der Waals surface area contributed by atoms with Crippen LogP contribution in [-0.4, -0.2) is 10.9 Å². The van der Waals surface area contributed by atoms with Gasteiger partial charge in [0.2, 0.25) is 0 Å². The molecule has 0 saturated carbocycles. The van der Waals surface area contributed by atoms with E-state index in [1.807, 2.05) is 32.9 Å². The fraction of sp³-hybridized carbons (Fsp3) is 0.462. The lowest BCUT2D eigenvalue weighted by Gasteiger charge is -2.15. The molecule has 0 aliphatic carbocycles. The maximum absolute atomic E-state index is 11.5. The Morgan fingerprint density at radius 3 is 2.60 bits per heavy atom. The summed E-state index contributed by atoms with van der Waals surface area (Å²) in [6.07, 6.45) is 0.0101. The summed E-state index contributed by atoms with van der Waals surface area (Å²) in [5.74, 6) is 0.282. The van der Waals surface area contributed by atoms with Gasteiger partial charge in [-0.15, -0.1) is 0 Å². The molecule has 0 saturated heterocycles. The summed E-state index contributed by atoms with van der Waals surface area (Å²) in [5.41, 5.74) is 1.51. The highest BCUT2D eigenvalue weighted by molar-refractivity contribution is 5.95. The van der Waals surface area contributed by atoms with E-state index in [1.165, 1.54) is 0 Å². The molecule has 15 heavy (non-hydrogen) atoms. The quantitative estimate of drug-likeness (QED) is 0.769. The third-order valence-corrected chi connectivity index (χ3v) is 2.50. The lowest BCUT2D eigenvalue weighted by Crippen LogP contribution is -2.06. The maximum atomic E-state index is 11.5. The molecule has 1 rings (SSSR count). The van der Waals surface area contributed by atoms with E-state index in [4.69, 9.17) is 0 Å². The summed E-state index contributed by atoms with van der Waals surface area (Å²) >= 11 is 0. The first kappa shape index (κ1) is 11.9.